The van der Waals surface area contributed by atoms with E-state index < -0.39 is 0 Å². The standard InChI is InChI=1S/C17H13NO2/c19-17-14(12-18-15-9-5-2-6-10-15)11-16(20-17)13-7-3-1-4-8-13/h1-12,19H. The zero-order valence-corrected chi connectivity index (χ0v) is 10.7. The molecule has 98 valence electrons. The largest absolute Gasteiger partial charge is 0.480 e. The molecule has 3 nitrogen and oxygen atoms in total. The summed E-state index contributed by atoms with van der Waals surface area (Å²) in [6.07, 6.45) is 1.60. The molecule has 0 atom stereocenters. The topological polar surface area (TPSA) is 45.7 Å². The maximum atomic E-state index is 9.81. The number of nitrogens with zero attached hydrogens (tertiary/aromatic N) is 1. The summed E-state index contributed by atoms with van der Waals surface area (Å²) in [6, 6.07) is 21.0. The van der Waals surface area contributed by atoms with E-state index in [1.807, 2.05) is 60.7 Å². The Bertz CT molecular complexity index is 715. The fourth-order valence-electron chi connectivity index (χ4n) is 1.89. The van der Waals surface area contributed by atoms with Crippen LogP contribution in [0.15, 0.2) is 76.1 Å². The minimum absolute atomic E-state index is 0.122. The van der Waals surface area contributed by atoms with Gasteiger partial charge in [0.2, 0.25) is 0 Å². The van der Waals surface area contributed by atoms with E-state index in [9.17, 15) is 5.11 Å². The highest BCUT2D eigenvalue weighted by atomic mass is 16.5. The Kier molecular flexibility index (Phi) is 3.33. The molecule has 0 fully saturated rings. The van der Waals surface area contributed by atoms with Crippen LogP contribution in [0.4, 0.5) is 5.69 Å². The average Bonchev–Trinajstić information content (AvgIpc) is 2.88. The lowest BCUT2D eigenvalue weighted by Gasteiger charge is -1.93. The van der Waals surface area contributed by atoms with E-state index in [0.29, 0.717) is 11.3 Å². The Morgan fingerprint density at radius 1 is 0.900 bits per heavy atom. The Morgan fingerprint density at radius 2 is 1.55 bits per heavy atom. The summed E-state index contributed by atoms with van der Waals surface area (Å²) in [6.45, 7) is 0. The van der Waals surface area contributed by atoms with Crippen LogP contribution in [0.25, 0.3) is 11.3 Å². The molecular formula is C17H13NO2. The minimum atomic E-state index is -0.122. The van der Waals surface area contributed by atoms with Crippen LogP contribution in [0.2, 0.25) is 0 Å². The first-order valence-electron chi connectivity index (χ1n) is 6.30. The van der Waals surface area contributed by atoms with Crippen molar-refractivity contribution in [1.82, 2.24) is 0 Å². The normalized spacial score (nSPS) is 11.0. The molecule has 0 saturated carbocycles. The van der Waals surface area contributed by atoms with Gasteiger partial charge in [-0.2, -0.15) is 0 Å². The number of rotatable bonds is 3. The number of furan rings is 1. The second-order valence-electron chi connectivity index (χ2n) is 4.33. The van der Waals surface area contributed by atoms with E-state index in [2.05, 4.69) is 4.99 Å². The second kappa shape index (κ2) is 5.45. The first-order chi connectivity index (χ1) is 9.83. The highest BCUT2D eigenvalue weighted by Gasteiger charge is 2.09. The molecule has 1 heterocycles. The van der Waals surface area contributed by atoms with Crippen LogP contribution in [0.5, 0.6) is 5.95 Å². The Labute approximate surface area is 116 Å². The van der Waals surface area contributed by atoms with Crippen molar-refractivity contribution in [2.75, 3.05) is 0 Å². The first kappa shape index (κ1) is 12.2. The molecular weight excluding hydrogens is 250 g/mol. The summed E-state index contributed by atoms with van der Waals surface area (Å²) in [5, 5.41) is 9.81. The summed E-state index contributed by atoms with van der Waals surface area (Å²) < 4.78 is 5.35. The molecule has 1 aromatic heterocycles. The maximum absolute atomic E-state index is 9.81. The van der Waals surface area contributed by atoms with Crippen molar-refractivity contribution in [3.8, 4) is 17.3 Å². The molecule has 0 aliphatic rings. The molecule has 0 aliphatic carbocycles. The molecule has 2 aromatic carbocycles. The fraction of sp³-hybridized carbons (Fsp3) is 0. The second-order valence-corrected chi connectivity index (χ2v) is 4.33. The highest BCUT2D eigenvalue weighted by molar-refractivity contribution is 5.86. The summed E-state index contributed by atoms with van der Waals surface area (Å²) in [7, 11) is 0. The van der Waals surface area contributed by atoms with Crippen LogP contribution in [0.1, 0.15) is 5.56 Å². The number of aromatic hydroxyl groups is 1. The Morgan fingerprint density at radius 3 is 2.25 bits per heavy atom. The number of hydrogen-bond acceptors (Lipinski definition) is 3. The van der Waals surface area contributed by atoms with Crippen LogP contribution in [-0.2, 0) is 0 Å². The van der Waals surface area contributed by atoms with Gasteiger partial charge >= 0.3 is 0 Å². The molecule has 0 spiro atoms. The van der Waals surface area contributed by atoms with Crippen molar-refractivity contribution in [1.29, 1.82) is 0 Å². The quantitative estimate of drug-likeness (QED) is 0.712. The molecule has 3 aromatic rings. The predicted molar refractivity (Wildman–Crippen MR) is 79.5 cm³/mol. The van der Waals surface area contributed by atoms with E-state index in [0.717, 1.165) is 11.3 Å². The van der Waals surface area contributed by atoms with Crippen LogP contribution in [-0.4, -0.2) is 11.3 Å². The van der Waals surface area contributed by atoms with Gasteiger partial charge in [0.05, 0.1) is 11.3 Å². The van der Waals surface area contributed by atoms with Crippen LogP contribution < -0.4 is 0 Å². The molecule has 3 rings (SSSR count). The maximum Gasteiger partial charge on any atom is 0.291 e. The summed E-state index contributed by atoms with van der Waals surface area (Å²) in [4.78, 5) is 4.30. The van der Waals surface area contributed by atoms with Gasteiger partial charge in [-0.15, -0.1) is 0 Å². The van der Waals surface area contributed by atoms with E-state index in [1.165, 1.54) is 0 Å². The van der Waals surface area contributed by atoms with Crippen molar-refractivity contribution in [3.63, 3.8) is 0 Å². The first-order valence-corrected chi connectivity index (χ1v) is 6.30. The Balaban J connectivity index is 1.89. The van der Waals surface area contributed by atoms with Gasteiger partial charge in [-0.1, -0.05) is 48.5 Å². The molecule has 3 heteroatoms. The average molecular weight is 263 g/mol. The number of para-hydroxylation sites is 1. The smallest absolute Gasteiger partial charge is 0.291 e. The third kappa shape index (κ3) is 2.62. The van der Waals surface area contributed by atoms with Gasteiger partial charge in [0.1, 0.15) is 5.76 Å². The van der Waals surface area contributed by atoms with Crippen molar-refractivity contribution < 1.29 is 9.52 Å². The van der Waals surface area contributed by atoms with Crippen molar-refractivity contribution in [2.24, 2.45) is 4.99 Å². The van der Waals surface area contributed by atoms with E-state index >= 15 is 0 Å². The van der Waals surface area contributed by atoms with E-state index in [4.69, 9.17) is 4.42 Å². The minimum Gasteiger partial charge on any atom is -0.480 e. The summed E-state index contributed by atoms with van der Waals surface area (Å²) in [5.41, 5.74) is 2.31. The lowest BCUT2D eigenvalue weighted by Crippen LogP contribution is -1.75. The molecule has 0 aliphatic heterocycles. The highest BCUT2D eigenvalue weighted by Crippen LogP contribution is 2.29. The van der Waals surface area contributed by atoms with Crippen molar-refractivity contribution >= 4 is 11.9 Å². The Hall–Kier alpha value is -2.81. The summed E-state index contributed by atoms with van der Waals surface area (Å²) in [5.74, 6) is 0.501. The van der Waals surface area contributed by atoms with Crippen molar-refractivity contribution in [2.45, 2.75) is 0 Å². The number of hydrogen-bond donors (Lipinski definition) is 1. The van der Waals surface area contributed by atoms with E-state index in [1.54, 1.807) is 12.3 Å². The van der Waals surface area contributed by atoms with Crippen LogP contribution >= 0.6 is 0 Å². The zero-order chi connectivity index (χ0) is 13.8. The fourth-order valence-corrected chi connectivity index (χ4v) is 1.89. The predicted octanol–water partition coefficient (Wildman–Crippen LogP) is 4.40. The molecule has 20 heavy (non-hydrogen) atoms. The molecule has 0 radical (unpaired) electrons. The molecule has 0 amide bonds. The molecule has 0 unspecified atom stereocenters. The van der Waals surface area contributed by atoms with Gasteiger partial charge in [-0.25, -0.2) is 0 Å². The van der Waals surface area contributed by atoms with Crippen molar-refractivity contribution in [3.05, 3.63) is 72.3 Å². The van der Waals surface area contributed by atoms with Crippen LogP contribution in [0.3, 0.4) is 0 Å². The lowest BCUT2D eigenvalue weighted by atomic mass is 10.1. The zero-order valence-electron chi connectivity index (χ0n) is 10.7. The van der Waals surface area contributed by atoms with Gasteiger partial charge in [0.25, 0.3) is 5.95 Å². The van der Waals surface area contributed by atoms with Gasteiger partial charge in [-0.05, 0) is 18.2 Å². The number of benzene rings is 2. The van der Waals surface area contributed by atoms with Gasteiger partial charge in [-0.3, -0.25) is 4.99 Å². The number of aliphatic imine (C=N–C) groups is 1. The third-order valence-corrected chi connectivity index (χ3v) is 2.91. The van der Waals surface area contributed by atoms with Crippen LogP contribution in [0, 0.1) is 0 Å². The molecule has 0 saturated heterocycles. The molecule has 1 N–H and O–H groups in total. The molecule has 0 bridgehead atoms. The third-order valence-electron chi connectivity index (χ3n) is 2.91. The van der Waals surface area contributed by atoms with Gasteiger partial charge in [0, 0.05) is 11.8 Å². The SMILES string of the molecule is Oc1oc(-c2ccccc2)cc1C=Nc1ccccc1. The monoisotopic (exact) mass is 263 g/mol. The van der Waals surface area contributed by atoms with Gasteiger partial charge in [0.15, 0.2) is 0 Å². The van der Waals surface area contributed by atoms with Gasteiger partial charge < -0.3 is 9.52 Å². The summed E-state index contributed by atoms with van der Waals surface area (Å²) >= 11 is 0. The van der Waals surface area contributed by atoms with E-state index in [-0.39, 0.29) is 5.95 Å². The lowest BCUT2D eigenvalue weighted by molar-refractivity contribution is 0.337.